The molecule has 3 rings (SSSR count). The van der Waals surface area contributed by atoms with Crippen LogP contribution in [0.2, 0.25) is 0 Å². The van der Waals surface area contributed by atoms with Gasteiger partial charge in [-0.2, -0.15) is 0 Å². The van der Waals surface area contributed by atoms with Crippen molar-refractivity contribution in [1.82, 2.24) is 10.2 Å². The Labute approximate surface area is 195 Å². The number of thioether (sulfide) groups is 1. The average Bonchev–Trinajstić information content (AvgIpc) is 3.30. The molecule has 166 valence electrons. The van der Waals surface area contributed by atoms with Gasteiger partial charge in [0.15, 0.2) is 6.61 Å². The highest BCUT2D eigenvalue weighted by atomic mass is 32.2. The Balaban J connectivity index is 1.46. The maximum absolute atomic E-state index is 13.3. The molecular formula is C22H25FN2O3S3. The van der Waals surface area contributed by atoms with Crippen LogP contribution < -0.4 is 5.32 Å². The summed E-state index contributed by atoms with van der Waals surface area (Å²) in [6.07, 6.45) is 2.20. The number of halogens is 1. The summed E-state index contributed by atoms with van der Waals surface area (Å²) in [6, 6.07) is 9.30. The Kier molecular flexibility index (Phi) is 8.86. The van der Waals surface area contributed by atoms with E-state index in [0.29, 0.717) is 10.2 Å². The zero-order valence-electron chi connectivity index (χ0n) is 17.2. The molecule has 1 unspecified atom stereocenters. The van der Waals surface area contributed by atoms with Gasteiger partial charge in [0.05, 0.1) is 11.8 Å². The number of thiophene rings is 1. The van der Waals surface area contributed by atoms with Crippen molar-refractivity contribution >= 4 is 51.5 Å². The molecule has 1 aliphatic rings. The van der Waals surface area contributed by atoms with Crippen LogP contribution in [0.25, 0.3) is 0 Å². The predicted molar refractivity (Wildman–Crippen MR) is 127 cm³/mol. The summed E-state index contributed by atoms with van der Waals surface area (Å²) >= 11 is 8.16. The van der Waals surface area contributed by atoms with Crippen LogP contribution >= 0.6 is 35.3 Å². The highest BCUT2D eigenvalue weighted by molar-refractivity contribution is 8.23. The number of hydrogen-bond acceptors (Lipinski definition) is 6. The lowest BCUT2D eigenvalue weighted by atomic mass is 10.00. The van der Waals surface area contributed by atoms with Crippen molar-refractivity contribution in [3.63, 3.8) is 0 Å². The molecule has 0 radical (unpaired) electrons. The molecule has 0 bridgehead atoms. The van der Waals surface area contributed by atoms with Gasteiger partial charge in [0.1, 0.15) is 10.1 Å². The number of thiocarbonyl (C=S) groups is 1. The van der Waals surface area contributed by atoms with E-state index in [1.165, 1.54) is 35.2 Å². The van der Waals surface area contributed by atoms with E-state index in [0.717, 1.165) is 36.4 Å². The largest absolute Gasteiger partial charge is 0.455 e. The third-order valence-corrected chi connectivity index (χ3v) is 7.49. The lowest BCUT2D eigenvalue weighted by Gasteiger charge is -2.31. The third-order valence-electron chi connectivity index (χ3n) is 5.06. The third kappa shape index (κ3) is 7.29. The van der Waals surface area contributed by atoms with Crippen molar-refractivity contribution in [1.29, 1.82) is 0 Å². The number of hydrogen-bond donors (Lipinski definition) is 1. The van der Waals surface area contributed by atoms with Crippen molar-refractivity contribution in [2.24, 2.45) is 5.92 Å². The number of ether oxygens (including phenoxy) is 1. The van der Waals surface area contributed by atoms with E-state index in [-0.39, 0.29) is 18.2 Å². The summed E-state index contributed by atoms with van der Waals surface area (Å²) in [6.45, 7) is 3.68. The second-order valence-corrected chi connectivity index (χ2v) is 10.0. The van der Waals surface area contributed by atoms with Crippen LogP contribution in [0.15, 0.2) is 41.8 Å². The van der Waals surface area contributed by atoms with E-state index in [1.54, 1.807) is 12.1 Å². The van der Waals surface area contributed by atoms with Crippen molar-refractivity contribution in [2.45, 2.75) is 25.8 Å². The van der Waals surface area contributed by atoms with Crippen LogP contribution in [0.1, 0.15) is 36.2 Å². The van der Waals surface area contributed by atoms with Crippen LogP contribution in [0, 0.1) is 11.7 Å². The molecule has 2 aromatic rings. The minimum Gasteiger partial charge on any atom is -0.455 e. The number of likely N-dealkylation sites (tertiary alicyclic amines) is 1. The molecule has 1 aliphatic heterocycles. The fourth-order valence-corrected chi connectivity index (χ4v) is 5.07. The fraction of sp³-hybridized carbons (Fsp3) is 0.409. The van der Waals surface area contributed by atoms with E-state index < -0.39 is 17.9 Å². The molecule has 0 spiro atoms. The zero-order valence-corrected chi connectivity index (χ0v) is 19.7. The first kappa shape index (κ1) is 23.7. The first-order chi connectivity index (χ1) is 14.9. The van der Waals surface area contributed by atoms with Crippen molar-refractivity contribution < 1.29 is 18.7 Å². The van der Waals surface area contributed by atoms with Gasteiger partial charge >= 0.3 is 5.97 Å². The van der Waals surface area contributed by atoms with Gasteiger partial charge in [-0.25, -0.2) is 4.39 Å². The number of esters is 1. The summed E-state index contributed by atoms with van der Waals surface area (Å²) in [7, 11) is 0. The van der Waals surface area contributed by atoms with Crippen LogP contribution in [0.4, 0.5) is 4.39 Å². The second kappa shape index (κ2) is 11.6. The van der Waals surface area contributed by atoms with Crippen LogP contribution in [0.3, 0.4) is 0 Å². The smallest absolute Gasteiger partial charge is 0.316 e. The zero-order chi connectivity index (χ0) is 22.2. The summed E-state index contributed by atoms with van der Waals surface area (Å²) in [4.78, 5) is 27.5. The number of carbonyl (C=O) groups excluding carboxylic acids is 2. The highest BCUT2D eigenvalue weighted by Crippen LogP contribution is 2.26. The molecule has 5 nitrogen and oxygen atoms in total. The number of piperidine rings is 1. The molecule has 2 heterocycles. The van der Waals surface area contributed by atoms with E-state index >= 15 is 0 Å². The average molecular weight is 481 g/mol. The van der Waals surface area contributed by atoms with E-state index in [9.17, 15) is 14.0 Å². The normalized spacial score (nSPS) is 15.4. The maximum Gasteiger partial charge on any atom is 0.316 e. The Morgan fingerprint density at radius 1 is 1.29 bits per heavy atom. The SMILES string of the molecule is CC1CCN(C(=S)SCC(=O)OCC(=O)NC(c2ccc(F)cc2)c2cccs2)CC1. The van der Waals surface area contributed by atoms with Gasteiger partial charge in [0.25, 0.3) is 5.91 Å². The molecule has 1 aromatic carbocycles. The molecule has 1 aromatic heterocycles. The molecule has 0 aliphatic carbocycles. The van der Waals surface area contributed by atoms with Crippen molar-refractivity contribution in [3.8, 4) is 0 Å². The van der Waals surface area contributed by atoms with Crippen LogP contribution in [-0.2, 0) is 14.3 Å². The quantitative estimate of drug-likeness (QED) is 0.469. The van der Waals surface area contributed by atoms with Gasteiger partial charge in [0.2, 0.25) is 0 Å². The number of carbonyl (C=O) groups is 2. The molecule has 1 saturated heterocycles. The number of amides is 1. The molecule has 31 heavy (non-hydrogen) atoms. The minimum atomic E-state index is -0.484. The minimum absolute atomic E-state index is 0.0739. The van der Waals surface area contributed by atoms with E-state index in [2.05, 4.69) is 17.1 Å². The molecule has 1 N–H and O–H groups in total. The van der Waals surface area contributed by atoms with Gasteiger partial charge < -0.3 is 15.0 Å². The predicted octanol–water partition coefficient (Wildman–Crippen LogP) is 4.39. The van der Waals surface area contributed by atoms with Crippen molar-refractivity contribution in [3.05, 3.63) is 58.0 Å². The van der Waals surface area contributed by atoms with Crippen LogP contribution in [-0.4, -0.2) is 46.5 Å². The van der Waals surface area contributed by atoms with E-state index in [4.69, 9.17) is 17.0 Å². The van der Waals surface area contributed by atoms with Gasteiger partial charge in [-0.1, -0.05) is 49.1 Å². The van der Waals surface area contributed by atoms with Crippen molar-refractivity contribution in [2.75, 3.05) is 25.4 Å². The number of rotatable bonds is 7. The molecular weight excluding hydrogens is 455 g/mol. The maximum atomic E-state index is 13.3. The standard InChI is InChI=1S/C22H25FN2O3S3/c1-15-8-10-25(11-9-15)22(29)31-14-20(27)28-13-19(26)24-21(18-3-2-12-30-18)16-4-6-17(23)7-5-16/h2-7,12,15,21H,8-11,13-14H2,1H3,(H,24,26). The second-order valence-electron chi connectivity index (χ2n) is 7.45. The molecule has 1 atom stereocenters. The summed E-state index contributed by atoms with van der Waals surface area (Å²) in [5, 5.41) is 4.77. The monoisotopic (exact) mass is 480 g/mol. The first-order valence-corrected chi connectivity index (χ1v) is 12.4. The lowest BCUT2D eigenvalue weighted by Crippen LogP contribution is -2.36. The topological polar surface area (TPSA) is 58.6 Å². The van der Waals surface area contributed by atoms with Gasteiger partial charge in [-0.05, 0) is 47.9 Å². The summed E-state index contributed by atoms with van der Waals surface area (Å²) in [5.41, 5.74) is 0.750. The number of nitrogens with one attached hydrogen (secondary N) is 1. The molecule has 9 heteroatoms. The highest BCUT2D eigenvalue weighted by Gasteiger charge is 2.21. The Hall–Kier alpha value is -1.97. The fourth-order valence-electron chi connectivity index (χ4n) is 3.22. The number of nitrogens with zero attached hydrogens (tertiary/aromatic N) is 1. The lowest BCUT2D eigenvalue weighted by molar-refractivity contribution is -0.146. The summed E-state index contributed by atoms with van der Waals surface area (Å²) < 4.78 is 19.1. The molecule has 1 fully saturated rings. The van der Waals surface area contributed by atoms with Gasteiger partial charge in [-0.3, -0.25) is 9.59 Å². The Morgan fingerprint density at radius 3 is 2.65 bits per heavy atom. The number of benzene rings is 1. The molecule has 1 amide bonds. The van der Waals surface area contributed by atoms with Crippen LogP contribution in [0.5, 0.6) is 0 Å². The van der Waals surface area contributed by atoms with Gasteiger partial charge in [0, 0.05) is 18.0 Å². The molecule has 0 saturated carbocycles. The summed E-state index contributed by atoms with van der Waals surface area (Å²) in [5.74, 6) is -0.468. The van der Waals surface area contributed by atoms with Gasteiger partial charge in [-0.15, -0.1) is 11.3 Å². The Morgan fingerprint density at radius 2 is 2.00 bits per heavy atom. The first-order valence-electron chi connectivity index (χ1n) is 10.1. The van der Waals surface area contributed by atoms with E-state index in [1.807, 2.05) is 17.5 Å². The Bertz CT molecular complexity index is 882.